The molecule has 0 fully saturated rings. The summed E-state index contributed by atoms with van der Waals surface area (Å²) < 4.78 is 0. The van der Waals surface area contributed by atoms with Crippen molar-refractivity contribution in [2.24, 2.45) is 0 Å². The molecule has 2 aromatic carbocycles. The smallest absolute Gasteiger partial charge is 0.117 e. The predicted octanol–water partition coefficient (Wildman–Crippen LogP) is 4.44. The minimum absolute atomic E-state index is 0.207. The van der Waals surface area contributed by atoms with Crippen molar-refractivity contribution in [2.45, 2.75) is 0 Å². The van der Waals surface area contributed by atoms with Crippen LogP contribution in [0.2, 0.25) is 10.0 Å². The van der Waals surface area contributed by atoms with Crippen LogP contribution in [0.1, 0.15) is 0 Å². The molecule has 0 saturated heterocycles. The molecule has 2 nitrogen and oxygen atoms in total. The molecule has 0 radical (unpaired) electrons. The molecule has 0 saturated carbocycles. The fourth-order valence-corrected chi connectivity index (χ4v) is 1.90. The molecule has 0 bridgehead atoms. The van der Waals surface area contributed by atoms with Gasteiger partial charge in [0.15, 0.2) is 0 Å². The van der Waals surface area contributed by atoms with Gasteiger partial charge in [0.2, 0.25) is 0 Å². The van der Waals surface area contributed by atoms with Crippen molar-refractivity contribution in [3.05, 3.63) is 52.5 Å². The van der Waals surface area contributed by atoms with Crippen LogP contribution in [0.15, 0.2) is 42.5 Å². The van der Waals surface area contributed by atoms with Crippen LogP contribution in [-0.4, -0.2) is 5.11 Å². The van der Waals surface area contributed by atoms with Gasteiger partial charge in [0, 0.05) is 27.5 Å². The van der Waals surface area contributed by atoms with Gasteiger partial charge in [-0.1, -0.05) is 29.3 Å². The Bertz CT molecular complexity index is 494. The average molecular weight is 254 g/mol. The summed E-state index contributed by atoms with van der Waals surface area (Å²) in [5.74, 6) is 0.207. The molecule has 0 aromatic heterocycles. The highest BCUT2D eigenvalue weighted by Crippen LogP contribution is 2.26. The minimum atomic E-state index is 0.207. The van der Waals surface area contributed by atoms with Gasteiger partial charge in [-0.05, 0) is 30.3 Å². The van der Waals surface area contributed by atoms with Crippen LogP contribution in [0.3, 0.4) is 0 Å². The zero-order valence-electron chi connectivity index (χ0n) is 8.24. The summed E-state index contributed by atoms with van der Waals surface area (Å²) in [5, 5.41) is 13.5. The van der Waals surface area contributed by atoms with E-state index in [2.05, 4.69) is 5.32 Å². The van der Waals surface area contributed by atoms with E-state index in [-0.39, 0.29) is 5.75 Å². The van der Waals surface area contributed by atoms with Gasteiger partial charge < -0.3 is 10.4 Å². The summed E-state index contributed by atoms with van der Waals surface area (Å²) in [6.45, 7) is 0. The first-order chi connectivity index (χ1) is 7.63. The number of phenolic OH excluding ortho intramolecular Hbond substituents is 1. The summed E-state index contributed by atoms with van der Waals surface area (Å²) in [6.07, 6.45) is 0. The van der Waals surface area contributed by atoms with E-state index in [1.807, 2.05) is 6.07 Å². The predicted molar refractivity (Wildman–Crippen MR) is 67.9 cm³/mol. The molecule has 0 amide bonds. The summed E-state index contributed by atoms with van der Waals surface area (Å²) in [4.78, 5) is 0. The number of halogens is 2. The summed E-state index contributed by atoms with van der Waals surface area (Å²) in [6, 6.07) is 12.0. The second kappa shape index (κ2) is 4.64. The maximum atomic E-state index is 9.31. The highest BCUT2D eigenvalue weighted by Gasteiger charge is 1.99. The van der Waals surface area contributed by atoms with Crippen molar-refractivity contribution < 1.29 is 5.11 Å². The van der Waals surface area contributed by atoms with Crippen LogP contribution in [0.5, 0.6) is 5.75 Å². The van der Waals surface area contributed by atoms with E-state index in [0.29, 0.717) is 10.0 Å². The van der Waals surface area contributed by atoms with Gasteiger partial charge >= 0.3 is 0 Å². The Morgan fingerprint density at radius 3 is 2.19 bits per heavy atom. The molecule has 82 valence electrons. The standard InChI is InChI=1S/C12H9Cl2NO/c13-8-4-9(14)6-11(5-8)15-10-2-1-3-12(16)7-10/h1-7,15-16H. The van der Waals surface area contributed by atoms with Crippen LogP contribution in [0.4, 0.5) is 11.4 Å². The number of rotatable bonds is 2. The van der Waals surface area contributed by atoms with Crippen LogP contribution >= 0.6 is 23.2 Å². The molecule has 4 heteroatoms. The lowest BCUT2D eigenvalue weighted by molar-refractivity contribution is 0.475. The minimum Gasteiger partial charge on any atom is -0.508 e. The van der Waals surface area contributed by atoms with Gasteiger partial charge in [0.1, 0.15) is 5.75 Å². The Labute approximate surface area is 103 Å². The second-order valence-electron chi connectivity index (χ2n) is 3.33. The third-order valence-electron chi connectivity index (χ3n) is 2.00. The van der Waals surface area contributed by atoms with E-state index in [1.165, 1.54) is 0 Å². The lowest BCUT2D eigenvalue weighted by Crippen LogP contribution is -1.89. The monoisotopic (exact) mass is 253 g/mol. The number of hydrogen-bond acceptors (Lipinski definition) is 2. The maximum absolute atomic E-state index is 9.31. The topological polar surface area (TPSA) is 32.3 Å². The molecule has 0 aliphatic carbocycles. The number of benzene rings is 2. The van der Waals surface area contributed by atoms with Crippen molar-refractivity contribution in [2.75, 3.05) is 5.32 Å². The first kappa shape index (κ1) is 11.1. The Hall–Kier alpha value is -1.38. The zero-order valence-corrected chi connectivity index (χ0v) is 9.76. The number of nitrogens with one attached hydrogen (secondary N) is 1. The van der Waals surface area contributed by atoms with Crippen molar-refractivity contribution in [3.63, 3.8) is 0 Å². The zero-order chi connectivity index (χ0) is 11.5. The van der Waals surface area contributed by atoms with E-state index < -0.39 is 0 Å². The molecule has 0 aliphatic heterocycles. The quantitative estimate of drug-likeness (QED) is 0.830. The first-order valence-electron chi connectivity index (χ1n) is 4.65. The van der Waals surface area contributed by atoms with Gasteiger partial charge in [0.25, 0.3) is 0 Å². The second-order valence-corrected chi connectivity index (χ2v) is 4.21. The van der Waals surface area contributed by atoms with Gasteiger partial charge in [-0.25, -0.2) is 0 Å². The number of anilines is 2. The van der Waals surface area contributed by atoms with Crippen LogP contribution < -0.4 is 5.32 Å². The SMILES string of the molecule is Oc1cccc(Nc2cc(Cl)cc(Cl)c2)c1. The highest BCUT2D eigenvalue weighted by molar-refractivity contribution is 6.35. The van der Waals surface area contributed by atoms with Crippen molar-refractivity contribution in [3.8, 4) is 5.75 Å². The number of aromatic hydroxyl groups is 1. The van der Waals surface area contributed by atoms with E-state index in [9.17, 15) is 5.11 Å². The number of hydrogen-bond donors (Lipinski definition) is 2. The molecule has 2 aromatic rings. The normalized spacial score (nSPS) is 10.1. The molecule has 2 N–H and O–H groups in total. The van der Waals surface area contributed by atoms with Gasteiger partial charge in [0.05, 0.1) is 0 Å². The van der Waals surface area contributed by atoms with Crippen molar-refractivity contribution >= 4 is 34.6 Å². The molecular weight excluding hydrogens is 245 g/mol. The third-order valence-corrected chi connectivity index (χ3v) is 2.43. The Morgan fingerprint density at radius 1 is 0.875 bits per heavy atom. The molecule has 0 spiro atoms. The molecule has 16 heavy (non-hydrogen) atoms. The van der Waals surface area contributed by atoms with Crippen molar-refractivity contribution in [1.29, 1.82) is 0 Å². The molecule has 0 heterocycles. The van der Waals surface area contributed by atoms with Crippen LogP contribution in [0, 0.1) is 0 Å². The van der Waals surface area contributed by atoms with E-state index >= 15 is 0 Å². The fourth-order valence-electron chi connectivity index (χ4n) is 1.38. The highest BCUT2D eigenvalue weighted by atomic mass is 35.5. The third kappa shape index (κ3) is 2.81. The van der Waals surface area contributed by atoms with Gasteiger partial charge in [-0.15, -0.1) is 0 Å². The molecular formula is C12H9Cl2NO. The fraction of sp³-hybridized carbons (Fsp3) is 0. The van der Waals surface area contributed by atoms with Gasteiger partial charge in [-0.2, -0.15) is 0 Å². The van der Waals surface area contributed by atoms with E-state index in [4.69, 9.17) is 23.2 Å². The summed E-state index contributed by atoms with van der Waals surface area (Å²) in [5.41, 5.74) is 1.56. The van der Waals surface area contributed by atoms with Crippen LogP contribution in [0.25, 0.3) is 0 Å². The van der Waals surface area contributed by atoms with Gasteiger partial charge in [-0.3, -0.25) is 0 Å². The van der Waals surface area contributed by atoms with Crippen molar-refractivity contribution in [1.82, 2.24) is 0 Å². The summed E-state index contributed by atoms with van der Waals surface area (Å²) in [7, 11) is 0. The number of phenols is 1. The Kier molecular flexibility index (Phi) is 3.22. The lowest BCUT2D eigenvalue weighted by atomic mass is 10.2. The van der Waals surface area contributed by atoms with E-state index in [1.54, 1.807) is 36.4 Å². The molecule has 0 aliphatic rings. The summed E-state index contributed by atoms with van der Waals surface area (Å²) >= 11 is 11.7. The molecule has 2 rings (SSSR count). The lowest BCUT2D eigenvalue weighted by Gasteiger charge is -2.07. The molecule has 0 atom stereocenters. The molecule has 0 unspecified atom stereocenters. The average Bonchev–Trinajstić information content (AvgIpc) is 2.15. The Balaban J connectivity index is 2.27. The first-order valence-corrected chi connectivity index (χ1v) is 5.41. The maximum Gasteiger partial charge on any atom is 0.117 e. The Morgan fingerprint density at radius 2 is 1.56 bits per heavy atom. The van der Waals surface area contributed by atoms with Crippen LogP contribution in [-0.2, 0) is 0 Å². The van der Waals surface area contributed by atoms with E-state index in [0.717, 1.165) is 11.4 Å². The largest absolute Gasteiger partial charge is 0.508 e.